The number of aliphatic hydroxyl groups is 1. The van der Waals surface area contributed by atoms with Crippen LogP contribution in [0.1, 0.15) is 38.7 Å². The summed E-state index contributed by atoms with van der Waals surface area (Å²) in [5.74, 6) is 0.00973. The van der Waals surface area contributed by atoms with Crippen molar-refractivity contribution in [2.45, 2.75) is 50.7 Å². The first-order valence-corrected chi connectivity index (χ1v) is 8.73. The Hall–Kier alpha value is -0.980. The van der Waals surface area contributed by atoms with Crippen LogP contribution in [-0.2, 0) is 16.6 Å². The minimum atomic E-state index is -3.87. The highest BCUT2D eigenvalue weighted by Gasteiger charge is 2.30. The predicted octanol–water partition coefficient (Wildman–Crippen LogP) is 2.42. The fraction of sp³-hybridized carbons (Fsp3) is 0.600. The van der Waals surface area contributed by atoms with E-state index in [1.807, 2.05) is 6.92 Å². The van der Waals surface area contributed by atoms with Crippen LogP contribution in [0.3, 0.4) is 0 Å². The molecule has 0 aromatic heterocycles. The van der Waals surface area contributed by atoms with Gasteiger partial charge in [-0.3, -0.25) is 0 Å². The third-order valence-corrected chi connectivity index (χ3v) is 5.73. The van der Waals surface area contributed by atoms with Gasteiger partial charge in [0.25, 0.3) is 0 Å². The van der Waals surface area contributed by atoms with Crippen LogP contribution in [0.25, 0.3) is 0 Å². The summed E-state index contributed by atoms with van der Waals surface area (Å²) in [6.45, 7) is 3.87. The molecule has 0 saturated heterocycles. The van der Waals surface area contributed by atoms with E-state index < -0.39 is 15.8 Å². The van der Waals surface area contributed by atoms with Crippen molar-refractivity contribution in [2.24, 2.45) is 11.8 Å². The largest absolute Gasteiger partial charge is 0.392 e. The SMILES string of the molecule is CC1CCC(NS(=O)(=O)c2ccc(CO)cc2F)C(C)C1. The van der Waals surface area contributed by atoms with E-state index >= 15 is 0 Å². The molecular formula is C15H22FNO3S. The van der Waals surface area contributed by atoms with E-state index in [4.69, 9.17) is 5.11 Å². The number of benzene rings is 1. The predicted molar refractivity (Wildman–Crippen MR) is 78.6 cm³/mol. The summed E-state index contributed by atoms with van der Waals surface area (Å²) >= 11 is 0. The molecule has 2 N–H and O–H groups in total. The molecule has 4 nitrogen and oxygen atoms in total. The van der Waals surface area contributed by atoms with Gasteiger partial charge in [-0.05, 0) is 48.8 Å². The highest BCUT2D eigenvalue weighted by molar-refractivity contribution is 7.89. The fourth-order valence-corrected chi connectivity index (χ4v) is 4.40. The molecule has 21 heavy (non-hydrogen) atoms. The van der Waals surface area contributed by atoms with Gasteiger partial charge >= 0.3 is 0 Å². The highest BCUT2D eigenvalue weighted by Crippen LogP contribution is 2.30. The molecule has 1 aromatic carbocycles. The van der Waals surface area contributed by atoms with Crippen molar-refractivity contribution in [1.29, 1.82) is 0 Å². The van der Waals surface area contributed by atoms with E-state index in [0.29, 0.717) is 11.5 Å². The second kappa shape index (κ2) is 6.42. The summed E-state index contributed by atoms with van der Waals surface area (Å²) in [5, 5.41) is 8.94. The van der Waals surface area contributed by atoms with E-state index in [0.717, 1.165) is 25.3 Å². The lowest BCUT2D eigenvalue weighted by atomic mass is 9.80. The summed E-state index contributed by atoms with van der Waals surface area (Å²) in [6.07, 6.45) is 2.72. The molecular weight excluding hydrogens is 293 g/mol. The van der Waals surface area contributed by atoms with Crippen molar-refractivity contribution in [3.63, 3.8) is 0 Å². The van der Waals surface area contributed by atoms with Crippen LogP contribution < -0.4 is 4.72 Å². The van der Waals surface area contributed by atoms with Gasteiger partial charge in [-0.2, -0.15) is 0 Å². The van der Waals surface area contributed by atoms with Crippen molar-refractivity contribution in [3.8, 4) is 0 Å². The Morgan fingerprint density at radius 2 is 2.05 bits per heavy atom. The number of sulfonamides is 1. The number of hydrogen-bond donors (Lipinski definition) is 2. The molecule has 0 amide bonds. The van der Waals surface area contributed by atoms with Crippen LogP contribution in [0.15, 0.2) is 23.1 Å². The minimum absolute atomic E-state index is 0.150. The van der Waals surface area contributed by atoms with Crippen molar-refractivity contribution in [1.82, 2.24) is 4.72 Å². The van der Waals surface area contributed by atoms with E-state index in [1.54, 1.807) is 0 Å². The Morgan fingerprint density at radius 1 is 1.33 bits per heavy atom. The van der Waals surface area contributed by atoms with Gasteiger partial charge in [-0.1, -0.05) is 19.9 Å². The Labute approximate surface area is 125 Å². The van der Waals surface area contributed by atoms with Crippen molar-refractivity contribution < 1.29 is 17.9 Å². The third-order valence-electron chi connectivity index (χ3n) is 4.21. The van der Waals surface area contributed by atoms with Gasteiger partial charge in [-0.15, -0.1) is 0 Å². The average molecular weight is 315 g/mol. The lowest BCUT2D eigenvalue weighted by Crippen LogP contribution is -2.42. The monoisotopic (exact) mass is 315 g/mol. The molecule has 3 atom stereocenters. The van der Waals surface area contributed by atoms with E-state index in [-0.39, 0.29) is 23.5 Å². The third kappa shape index (κ3) is 3.81. The van der Waals surface area contributed by atoms with E-state index in [9.17, 15) is 12.8 Å². The molecule has 1 aliphatic carbocycles. The van der Waals surface area contributed by atoms with Crippen LogP contribution in [0.2, 0.25) is 0 Å². The zero-order valence-electron chi connectivity index (χ0n) is 12.3. The molecule has 1 saturated carbocycles. The summed E-state index contributed by atoms with van der Waals surface area (Å²) < 4.78 is 41.2. The van der Waals surface area contributed by atoms with Crippen molar-refractivity contribution >= 4 is 10.0 Å². The van der Waals surface area contributed by atoms with Crippen LogP contribution in [0.5, 0.6) is 0 Å². The lowest BCUT2D eigenvalue weighted by Gasteiger charge is -2.32. The van der Waals surface area contributed by atoms with Gasteiger partial charge in [0.05, 0.1) is 6.61 Å². The Bertz CT molecular complexity index is 603. The quantitative estimate of drug-likeness (QED) is 0.897. The molecule has 1 aliphatic rings. The maximum absolute atomic E-state index is 13.9. The number of nitrogens with one attached hydrogen (secondary N) is 1. The average Bonchev–Trinajstić information content (AvgIpc) is 2.41. The normalized spacial score (nSPS) is 26.8. The van der Waals surface area contributed by atoms with E-state index in [2.05, 4.69) is 11.6 Å². The molecule has 118 valence electrons. The van der Waals surface area contributed by atoms with Crippen molar-refractivity contribution in [2.75, 3.05) is 0 Å². The summed E-state index contributed by atoms with van der Waals surface area (Å²) in [6, 6.07) is 3.53. The second-order valence-electron chi connectivity index (χ2n) is 6.05. The van der Waals surface area contributed by atoms with Crippen LogP contribution in [0.4, 0.5) is 4.39 Å². The first kappa shape index (κ1) is 16.4. The molecule has 3 unspecified atom stereocenters. The molecule has 6 heteroatoms. The molecule has 0 bridgehead atoms. The Kier molecular flexibility index (Phi) is 5.01. The van der Waals surface area contributed by atoms with Gasteiger partial charge in [-0.25, -0.2) is 17.5 Å². The standard InChI is InChI=1S/C15H22FNO3S/c1-10-3-5-14(11(2)7-10)17-21(19,20)15-6-4-12(9-18)8-13(15)16/h4,6,8,10-11,14,17-18H,3,5,7,9H2,1-2H3. The molecule has 0 radical (unpaired) electrons. The van der Waals surface area contributed by atoms with Gasteiger partial charge in [0.2, 0.25) is 10.0 Å². The molecule has 0 aliphatic heterocycles. The first-order chi connectivity index (χ1) is 9.83. The van der Waals surface area contributed by atoms with Gasteiger partial charge in [0.15, 0.2) is 0 Å². The summed E-state index contributed by atoms with van der Waals surface area (Å²) in [4.78, 5) is -0.356. The second-order valence-corrected chi connectivity index (χ2v) is 7.73. The van der Waals surface area contributed by atoms with Gasteiger partial charge in [0, 0.05) is 6.04 Å². The number of hydrogen-bond acceptors (Lipinski definition) is 3. The van der Waals surface area contributed by atoms with Crippen LogP contribution in [-0.4, -0.2) is 19.6 Å². The zero-order valence-corrected chi connectivity index (χ0v) is 13.2. The fourth-order valence-electron chi connectivity index (χ4n) is 2.96. The first-order valence-electron chi connectivity index (χ1n) is 7.25. The van der Waals surface area contributed by atoms with E-state index in [1.165, 1.54) is 12.1 Å². The van der Waals surface area contributed by atoms with Crippen LogP contribution >= 0.6 is 0 Å². The Morgan fingerprint density at radius 3 is 2.62 bits per heavy atom. The molecule has 1 aromatic rings. The molecule has 0 heterocycles. The number of aliphatic hydroxyl groups excluding tert-OH is 1. The van der Waals surface area contributed by atoms with Crippen molar-refractivity contribution in [3.05, 3.63) is 29.6 Å². The highest BCUT2D eigenvalue weighted by atomic mass is 32.2. The van der Waals surface area contributed by atoms with Gasteiger partial charge in [0.1, 0.15) is 10.7 Å². The Balaban J connectivity index is 2.19. The number of halogens is 1. The maximum Gasteiger partial charge on any atom is 0.243 e. The topological polar surface area (TPSA) is 66.4 Å². The van der Waals surface area contributed by atoms with Gasteiger partial charge < -0.3 is 5.11 Å². The summed E-state index contributed by atoms with van der Waals surface area (Å²) in [7, 11) is -3.87. The number of rotatable bonds is 4. The molecule has 2 rings (SSSR count). The minimum Gasteiger partial charge on any atom is -0.392 e. The zero-order chi connectivity index (χ0) is 15.6. The van der Waals surface area contributed by atoms with Crippen LogP contribution in [0, 0.1) is 17.7 Å². The summed E-state index contributed by atoms with van der Waals surface area (Å²) in [5.41, 5.74) is 0.353. The smallest absolute Gasteiger partial charge is 0.243 e. The molecule has 0 spiro atoms. The lowest BCUT2D eigenvalue weighted by molar-refractivity contribution is 0.249. The molecule has 1 fully saturated rings. The maximum atomic E-state index is 13.9.